The Balaban J connectivity index is 1.40. The number of primary amides is 1. The van der Waals surface area contributed by atoms with Crippen LogP contribution in [0.5, 0.6) is 0 Å². The zero-order valence-electron chi connectivity index (χ0n) is 18.0. The van der Waals surface area contributed by atoms with Crippen molar-refractivity contribution in [3.05, 3.63) is 45.3 Å². The molecule has 0 bridgehead atoms. The Kier molecular flexibility index (Phi) is 5.84. The molecule has 3 N–H and O–H groups in total. The van der Waals surface area contributed by atoms with Crippen LogP contribution in [0.3, 0.4) is 0 Å². The van der Waals surface area contributed by atoms with Gasteiger partial charge in [0.05, 0.1) is 11.6 Å². The number of thiophene rings is 1. The number of carbonyl (C=O) groups is 2. The Bertz CT molecular complexity index is 976. The summed E-state index contributed by atoms with van der Waals surface area (Å²) in [4.78, 5) is 30.7. The summed E-state index contributed by atoms with van der Waals surface area (Å²) in [5.41, 5.74) is 11.1. The molecule has 0 radical (unpaired) electrons. The zero-order chi connectivity index (χ0) is 21.4. The summed E-state index contributed by atoms with van der Waals surface area (Å²) in [7, 11) is 0. The molecule has 1 aromatic carbocycles. The highest BCUT2D eigenvalue weighted by molar-refractivity contribution is 7.17. The summed E-state index contributed by atoms with van der Waals surface area (Å²) < 4.78 is 0. The highest BCUT2D eigenvalue weighted by Gasteiger charge is 2.30. The van der Waals surface area contributed by atoms with Crippen LogP contribution in [-0.2, 0) is 17.6 Å². The quantitative estimate of drug-likeness (QED) is 0.770. The third kappa shape index (κ3) is 3.84. The third-order valence-corrected chi connectivity index (χ3v) is 7.77. The van der Waals surface area contributed by atoms with Crippen LogP contribution >= 0.6 is 11.3 Å². The van der Waals surface area contributed by atoms with Crippen LogP contribution < -0.4 is 16.0 Å². The fourth-order valence-corrected chi connectivity index (χ4v) is 5.86. The van der Waals surface area contributed by atoms with Crippen molar-refractivity contribution in [1.29, 1.82) is 0 Å². The highest BCUT2D eigenvalue weighted by atomic mass is 32.1. The summed E-state index contributed by atoms with van der Waals surface area (Å²) in [6, 6.07) is 6.16. The second kappa shape index (κ2) is 8.40. The zero-order valence-corrected chi connectivity index (χ0v) is 18.8. The van der Waals surface area contributed by atoms with Crippen molar-refractivity contribution in [3.8, 4) is 0 Å². The number of hydrogen-bond donors (Lipinski definition) is 2. The molecule has 1 aliphatic heterocycles. The van der Waals surface area contributed by atoms with Crippen LogP contribution in [0.15, 0.2) is 18.2 Å². The Morgan fingerprint density at radius 3 is 2.57 bits per heavy atom. The molecule has 30 heavy (non-hydrogen) atoms. The monoisotopic (exact) mass is 426 g/mol. The predicted octanol–water partition coefficient (Wildman–Crippen LogP) is 3.10. The first-order valence-corrected chi connectivity index (χ1v) is 11.5. The molecule has 1 saturated heterocycles. The first-order chi connectivity index (χ1) is 14.4. The van der Waals surface area contributed by atoms with E-state index in [-0.39, 0.29) is 11.9 Å². The lowest BCUT2D eigenvalue weighted by molar-refractivity contribution is -0.120. The number of hydrogen-bond acceptors (Lipinski definition) is 5. The minimum absolute atomic E-state index is 0.0717. The SMILES string of the molecule is Cc1cccc(N2CCN([C@H](C)C(=O)Nc3sc4c(c3C(N)=O)CCC4)CC2)c1C. The van der Waals surface area contributed by atoms with Crippen LogP contribution in [0.4, 0.5) is 10.7 Å². The maximum Gasteiger partial charge on any atom is 0.251 e. The number of piperazine rings is 1. The number of nitrogens with two attached hydrogens (primary N) is 1. The molecule has 1 aromatic heterocycles. The average Bonchev–Trinajstić information content (AvgIpc) is 3.30. The van der Waals surface area contributed by atoms with Crippen molar-refractivity contribution < 1.29 is 9.59 Å². The number of anilines is 2. The summed E-state index contributed by atoms with van der Waals surface area (Å²) in [6.45, 7) is 9.68. The van der Waals surface area contributed by atoms with Gasteiger partial charge in [0.1, 0.15) is 5.00 Å². The Hall–Kier alpha value is -2.38. The van der Waals surface area contributed by atoms with Crippen molar-refractivity contribution in [3.63, 3.8) is 0 Å². The van der Waals surface area contributed by atoms with E-state index in [2.05, 4.69) is 47.2 Å². The maximum absolute atomic E-state index is 13.0. The largest absolute Gasteiger partial charge is 0.369 e. The van der Waals surface area contributed by atoms with E-state index >= 15 is 0 Å². The molecule has 4 rings (SSSR count). The molecule has 2 amide bonds. The lowest BCUT2D eigenvalue weighted by Gasteiger charge is -2.39. The molecule has 2 aliphatic rings. The van der Waals surface area contributed by atoms with Crippen LogP contribution in [0.25, 0.3) is 0 Å². The van der Waals surface area contributed by atoms with Crippen molar-refractivity contribution in [2.45, 2.75) is 46.1 Å². The smallest absolute Gasteiger partial charge is 0.251 e. The summed E-state index contributed by atoms with van der Waals surface area (Å²) in [6.07, 6.45) is 2.89. The van der Waals surface area contributed by atoms with Gasteiger partial charge in [-0.3, -0.25) is 14.5 Å². The molecule has 2 aromatic rings. The number of amides is 2. The van der Waals surface area contributed by atoms with E-state index in [4.69, 9.17) is 5.73 Å². The minimum atomic E-state index is -0.445. The molecular weight excluding hydrogens is 396 g/mol. The number of benzene rings is 1. The minimum Gasteiger partial charge on any atom is -0.369 e. The van der Waals surface area contributed by atoms with Crippen molar-refractivity contribution in [2.75, 3.05) is 36.4 Å². The van der Waals surface area contributed by atoms with E-state index in [1.165, 1.54) is 33.0 Å². The van der Waals surface area contributed by atoms with Crippen LogP contribution in [0.1, 0.15) is 45.3 Å². The molecule has 1 aliphatic carbocycles. The van der Waals surface area contributed by atoms with Gasteiger partial charge in [0, 0.05) is 36.7 Å². The number of rotatable bonds is 5. The van der Waals surface area contributed by atoms with E-state index in [1.54, 1.807) is 0 Å². The van der Waals surface area contributed by atoms with Gasteiger partial charge in [-0.15, -0.1) is 11.3 Å². The first kappa shape index (κ1) is 20.9. The molecule has 1 fully saturated rings. The van der Waals surface area contributed by atoms with Gasteiger partial charge in [-0.25, -0.2) is 0 Å². The number of aryl methyl sites for hydroxylation is 2. The Morgan fingerprint density at radius 1 is 1.13 bits per heavy atom. The lowest BCUT2D eigenvalue weighted by Crippen LogP contribution is -2.53. The summed E-state index contributed by atoms with van der Waals surface area (Å²) >= 11 is 1.51. The number of fused-ring (bicyclic) bond motifs is 1. The second-order valence-corrected chi connectivity index (χ2v) is 9.44. The van der Waals surface area contributed by atoms with Gasteiger partial charge >= 0.3 is 0 Å². The molecule has 2 heterocycles. The van der Waals surface area contributed by atoms with E-state index in [0.29, 0.717) is 10.6 Å². The van der Waals surface area contributed by atoms with Gasteiger partial charge in [0.25, 0.3) is 5.91 Å². The molecule has 7 heteroatoms. The molecule has 0 unspecified atom stereocenters. The average molecular weight is 427 g/mol. The molecule has 160 valence electrons. The normalized spacial score (nSPS) is 17.6. The van der Waals surface area contributed by atoms with Gasteiger partial charge in [-0.05, 0) is 62.8 Å². The molecule has 0 spiro atoms. The Morgan fingerprint density at radius 2 is 1.87 bits per heavy atom. The first-order valence-electron chi connectivity index (χ1n) is 10.7. The van der Waals surface area contributed by atoms with Gasteiger partial charge in [-0.1, -0.05) is 12.1 Å². The summed E-state index contributed by atoms with van der Waals surface area (Å²) in [5.74, 6) is -0.517. The molecular formula is C23H30N4O2S. The van der Waals surface area contributed by atoms with Crippen LogP contribution in [0.2, 0.25) is 0 Å². The Labute approximate surface area is 182 Å². The van der Waals surface area contributed by atoms with Gasteiger partial charge in [-0.2, -0.15) is 0 Å². The van der Waals surface area contributed by atoms with E-state index in [0.717, 1.165) is 51.0 Å². The summed E-state index contributed by atoms with van der Waals surface area (Å²) in [5, 5.41) is 3.62. The molecule has 1 atom stereocenters. The van der Waals surface area contributed by atoms with E-state index in [1.807, 2.05) is 6.92 Å². The third-order valence-electron chi connectivity index (χ3n) is 6.56. The number of nitrogens with one attached hydrogen (secondary N) is 1. The van der Waals surface area contributed by atoms with E-state index in [9.17, 15) is 9.59 Å². The maximum atomic E-state index is 13.0. The van der Waals surface area contributed by atoms with Crippen LogP contribution in [0, 0.1) is 13.8 Å². The van der Waals surface area contributed by atoms with Crippen molar-refractivity contribution >= 4 is 33.8 Å². The molecule has 6 nitrogen and oxygen atoms in total. The fraction of sp³-hybridized carbons (Fsp3) is 0.478. The van der Waals surface area contributed by atoms with Crippen molar-refractivity contribution in [2.24, 2.45) is 5.73 Å². The molecule has 0 saturated carbocycles. The topological polar surface area (TPSA) is 78.7 Å². The lowest BCUT2D eigenvalue weighted by atomic mass is 10.1. The van der Waals surface area contributed by atoms with Crippen molar-refractivity contribution in [1.82, 2.24) is 4.90 Å². The number of carbonyl (C=O) groups excluding carboxylic acids is 2. The van der Waals surface area contributed by atoms with Gasteiger partial charge in [0.15, 0.2) is 0 Å². The van der Waals surface area contributed by atoms with Gasteiger partial charge in [0.2, 0.25) is 5.91 Å². The second-order valence-electron chi connectivity index (χ2n) is 8.33. The highest BCUT2D eigenvalue weighted by Crippen LogP contribution is 2.39. The standard InChI is InChI=1S/C23H30N4O2S/c1-14-6-4-8-18(15(14)2)27-12-10-26(11-13-27)16(3)22(29)25-23-20(21(24)28)17-7-5-9-19(17)30-23/h4,6,8,16H,5,7,9-13H2,1-3H3,(H2,24,28)(H,25,29)/t16-/m1/s1. The van der Waals surface area contributed by atoms with Gasteiger partial charge < -0.3 is 16.0 Å². The predicted molar refractivity (Wildman–Crippen MR) is 123 cm³/mol. The van der Waals surface area contributed by atoms with E-state index < -0.39 is 5.91 Å². The fourth-order valence-electron chi connectivity index (χ4n) is 4.56. The van der Waals surface area contributed by atoms with Crippen LogP contribution in [-0.4, -0.2) is 48.9 Å². The number of nitrogens with zero attached hydrogens (tertiary/aromatic N) is 2.